The summed E-state index contributed by atoms with van der Waals surface area (Å²) in [5.41, 5.74) is 1.07. The van der Waals surface area contributed by atoms with Crippen molar-refractivity contribution in [2.75, 3.05) is 44.2 Å². The molecule has 0 bridgehead atoms. The van der Waals surface area contributed by atoms with Gasteiger partial charge in [0.25, 0.3) is 5.56 Å². The lowest BCUT2D eigenvalue weighted by Gasteiger charge is -2.38. The number of aromatic nitrogens is 2. The Kier molecular flexibility index (Phi) is 5.53. The third-order valence-electron chi connectivity index (χ3n) is 5.64. The minimum absolute atomic E-state index is 0.00139. The maximum atomic E-state index is 12.8. The molecule has 1 fully saturated rings. The van der Waals surface area contributed by atoms with Gasteiger partial charge in [-0.3, -0.25) is 9.69 Å². The Balaban J connectivity index is 1.22. The monoisotopic (exact) mass is 438 g/mol. The lowest BCUT2D eigenvalue weighted by atomic mass is 10.2. The van der Waals surface area contributed by atoms with Gasteiger partial charge in [-0.15, -0.1) is 0 Å². The largest absolute Gasteiger partial charge is 0.486 e. The molecule has 0 radical (unpaired) electrons. The van der Waals surface area contributed by atoms with Crippen molar-refractivity contribution >= 4 is 17.3 Å². The SMILES string of the molecule is O=c1c(Cl)c(N2CCN(CC3COc4ccccc4O3)CC2)cnn1-c1ccccc1. The van der Waals surface area contributed by atoms with Crippen LogP contribution in [0.3, 0.4) is 0 Å². The van der Waals surface area contributed by atoms with E-state index in [0.29, 0.717) is 18.0 Å². The summed E-state index contributed by atoms with van der Waals surface area (Å²) in [5, 5.41) is 4.55. The van der Waals surface area contributed by atoms with Crippen LogP contribution in [0.1, 0.15) is 0 Å². The first kappa shape index (κ1) is 19.9. The van der Waals surface area contributed by atoms with E-state index in [2.05, 4.69) is 14.9 Å². The number of ether oxygens (including phenoxy) is 2. The Morgan fingerprint density at radius 2 is 1.68 bits per heavy atom. The summed E-state index contributed by atoms with van der Waals surface area (Å²) in [6, 6.07) is 17.0. The molecule has 8 heteroatoms. The predicted molar refractivity (Wildman–Crippen MR) is 120 cm³/mol. The molecule has 7 nitrogen and oxygen atoms in total. The quantitative estimate of drug-likeness (QED) is 0.624. The molecule has 0 aliphatic carbocycles. The second-order valence-corrected chi connectivity index (χ2v) is 8.06. The average molecular weight is 439 g/mol. The molecule has 2 aliphatic heterocycles. The van der Waals surface area contributed by atoms with Gasteiger partial charge in [-0.2, -0.15) is 9.78 Å². The van der Waals surface area contributed by atoms with Crippen LogP contribution in [-0.2, 0) is 0 Å². The molecular formula is C23H23ClN4O3. The molecule has 1 atom stereocenters. The Morgan fingerprint density at radius 3 is 2.45 bits per heavy atom. The first-order chi connectivity index (χ1) is 15.2. The van der Waals surface area contributed by atoms with Crippen molar-refractivity contribution < 1.29 is 9.47 Å². The number of para-hydroxylation sites is 3. The molecule has 2 aliphatic rings. The molecule has 160 valence electrons. The van der Waals surface area contributed by atoms with E-state index in [1.54, 1.807) is 6.20 Å². The lowest BCUT2D eigenvalue weighted by molar-refractivity contribution is 0.0571. The number of hydrogen-bond acceptors (Lipinski definition) is 6. The first-order valence-electron chi connectivity index (χ1n) is 10.4. The van der Waals surface area contributed by atoms with E-state index in [1.165, 1.54) is 4.68 Å². The molecule has 31 heavy (non-hydrogen) atoms. The van der Waals surface area contributed by atoms with Gasteiger partial charge in [-0.25, -0.2) is 0 Å². The zero-order valence-electron chi connectivity index (χ0n) is 17.0. The highest BCUT2D eigenvalue weighted by molar-refractivity contribution is 6.33. The zero-order chi connectivity index (χ0) is 21.2. The Hall–Kier alpha value is -3.03. The maximum Gasteiger partial charge on any atom is 0.292 e. The molecule has 0 spiro atoms. The van der Waals surface area contributed by atoms with Gasteiger partial charge in [0.2, 0.25) is 0 Å². The Morgan fingerprint density at radius 1 is 0.968 bits per heavy atom. The van der Waals surface area contributed by atoms with Crippen LogP contribution < -0.4 is 19.9 Å². The molecule has 3 heterocycles. The van der Waals surface area contributed by atoms with Crippen LogP contribution >= 0.6 is 11.6 Å². The van der Waals surface area contributed by atoms with Crippen LogP contribution in [0.2, 0.25) is 5.02 Å². The number of halogens is 1. The summed E-state index contributed by atoms with van der Waals surface area (Å²) >= 11 is 6.46. The highest BCUT2D eigenvalue weighted by Crippen LogP contribution is 2.31. The predicted octanol–water partition coefficient (Wildman–Crippen LogP) is 2.85. The van der Waals surface area contributed by atoms with E-state index in [4.69, 9.17) is 21.1 Å². The molecule has 0 amide bonds. The third kappa shape index (κ3) is 4.11. The zero-order valence-corrected chi connectivity index (χ0v) is 17.7. The summed E-state index contributed by atoms with van der Waals surface area (Å²) in [4.78, 5) is 17.2. The lowest BCUT2D eigenvalue weighted by Crippen LogP contribution is -2.51. The van der Waals surface area contributed by atoms with Gasteiger partial charge in [0.05, 0.1) is 17.6 Å². The summed E-state index contributed by atoms with van der Waals surface area (Å²) in [7, 11) is 0. The number of piperazine rings is 1. The average Bonchev–Trinajstić information content (AvgIpc) is 2.82. The topological polar surface area (TPSA) is 59.8 Å². The van der Waals surface area contributed by atoms with E-state index in [-0.39, 0.29) is 16.7 Å². The minimum atomic E-state index is -0.306. The summed E-state index contributed by atoms with van der Waals surface area (Å²) in [6.07, 6.45) is 1.68. The first-order valence-corrected chi connectivity index (χ1v) is 10.8. The molecular weight excluding hydrogens is 416 g/mol. The van der Waals surface area contributed by atoms with Gasteiger partial charge in [-0.05, 0) is 24.3 Å². The van der Waals surface area contributed by atoms with Crippen molar-refractivity contribution in [2.45, 2.75) is 6.10 Å². The normalized spacial score (nSPS) is 18.7. The molecule has 1 aromatic heterocycles. The van der Waals surface area contributed by atoms with Crippen LogP contribution in [0.25, 0.3) is 5.69 Å². The maximum absolute atomic E-state index is 12.8. The van der Waals surface area contributed by atoms with Crippen molar-refractivity contribution in [1.82, 2.24) is 14.7 Å². The molecule has 1 saturated heterocycles. The molecule has 5 rings (SSSR count). The van der Waals surface area contributed by atoms with Gasteiger partial charge >= 0.3 is 0 Å². The van der Waals surface area contributed by atoms with Gasteiger partial charge in [0.15, 0.2) is 11.5 Å². The van der Waals surface area contributed by atoms with Crippen LogP contribution in [0, 0.1) is 0 Å². The number of nitrogens with zero attached hydrogens (tertiary/aromatic N) is 4. The van der Waals surface area contributed by atoms with Crippen molar-refractivity contribution in [3.05, 3.63) is 76.2 Å². The smallest absolute Gasteiger partial charge is 0.292 e. The fourth-order valence-electron chi connectivity index (χ4n) is 4.01. The van der Waals surface area contributed by atoms with Crippen LogP contribution in [0.5, 0.6) is 11.5 Å². The molecule has 3 aromatic rings. The fourth-order valence-corrected chi connectivity index (χ4v) is 4.26. The van der Waals surface area contributed by atoms with Gasteiger partial charge < -0.3 is 14.4 Å². The number of anilines is 1. The van der Waals surface area contributed by atoms with Crippen LogP contribution in [-0.4, -0.2) is 60.1 Å². The molecule has 0 N–H and O–H groups in total. The molecule has 2 aromatic carbocycles. The van der Waals surface area contributed by atoms with Crippen LogP contribution in [0.4, 0.5) is 5.69 Å². The number of rotatable bonds is 4. The van der Waals surface area contributed by atoms with Crippen molar-refractivity contribution in [3.63, 3.8) is 0 Å². The van der Waals surface area contributed by atoms with E-state index < -0.39 is 0 Å². The standard InChI is InChI=1S/C23H23ClN4O3/c24-22-19(14-25-28(23(22)29)17-6-2-1-3-7-17)27-12-10-26(11-13-27)15-18-16-30-20-8-4-5-9-21(20)31-18/h1-9,14,18H,10-13,15-16H2. The molecule has 1 unspecified atom stereocenters. The number of benzene rings is 2. The third-order valence-corrected chi connectivity index (χ3v) is 6.00. The second kappa shape index (κ2) is 8.61. The van der Waals surface area contributed by atoms with E-state index in [1.807, 2.05) is 54.6 Å². The number of hydrogen-bond donors (Lipinski definition) is 0. The van der Waals surface area contributed by atoms with Crippen molar-refractivity contribution in [2.24, 2.45) is 0 Å². The Labute approximate surface area is 185 Å². The highest BCUT2D eigenvalue weighted by atomic mass is 35.5. The Bertz CT molecular complexity index is 1110. The summed E-state index contributed by atoms with van der Waals surface area (Å²) < 4.78 is 13.2. The van der Waals surface area contributed by atoms with E-state index in [9.17, 15) is 4.79 Å². The summed E-state index contributed by atoms with van der Waals surface area (Å²) in [5.74, 6) is 1.60. The van der Waals surface area contributed by atoms with Gasteiger partial charge in [0.1, 0.15) is 17.7 Å². The summed E-state index contributed by atoms with van der Waals surface area (Å²) in [6.45, 7) is 4.56. The molecule has 0 saturated carbocycles. The van der Waals surface area contributed by atoms with Crippen molar-refractivity contribution in [1.29, 1.82) is 0 Å². The van der Waals surface area contributed by atoms with E-state index >= 15 is 0 Å². The van der Waals surface area contributed by atoms with Crippen molar-refractivity contribution in [3.8, 4) is 17.2 Å². The minimum Gasteiger partial charge on any atom is -0.486 e. The van der Waals surface area contributed by atoms with Gasteiger partial charge in [-0.1, -0.05) is 41.9 Å². The number of fused-ring (bicyclic) bond motifs is 1. The van der Waals surface area contributed by atoms with Crippen LogP contribution in [0.15, 0.2) is 65.6 Å². The second-order valence-electron chi connectivity index (χ2n) is 7.68. The van der Waals surface area contributed by atoms with E-state index in [0.717, 1.165) is 44.2 Å². The highest BCUT2D eigenvalue weighted by Gasteiger charge is 2.26. The van der Waals surface area contributed by atoms with Gasteiger partial charge in [0, 0.05) is 32.7 Å². The fraction of sp³-hybridized carbons (Fsp3) is 0.304.